The predicted molar refractivity (Wildman–Crippen MR) is 80.8 cm³/mol. The van der Waals surface area contributed by atoms with Crippen LogP contribution in [0.2, 0.25) is 5.02 Å². The van der Waals surface area contributed by atoms with Crippen molar-refractivity contribution in [2.24, 2.45) is 0 Å². The molecule has 4 nitrogen and oxygen atoms in total. The van der Waals surface area contributed by atoms with Gasteiger partial charge in [-0.15, -0.1) is 0 Å². The zero-order chi connectivity index (χ0) is 14.4. The summed E-state index contributed by atoms with van der Waals surface area (Å²) in [6, 6.07) is 9.11. The maximum absolute atomic E-state index is 11.9. The van der Waals surface area contributed by atoms with Gasteiger partial charge in [0.25, 0.3) is 0 Å². The Morgan fingerprint density at radius 3 is 2.80 bits per heavy atom. The number of amides is 1. The van der Waals surface area contributed by atoms with Crippen LogP contribution in [0.3, 0.4) is 0 Å². The molecule has 0 radical (unpaired) electrons. The third-order valence-electron chi connectivity index (χ3n) is 2.60. The molecule has 1 aromatic carbocycles. The number of rotatable bonds is 5. The summed E-state index contributed by atoms with van der Waals surface area (Å²) in [7, 11) is 0. The van der Waals surface area contributed by atoms with Crippen molar-refractivity contribution in [3.05, 3.63) is 53.3 Å². The van der Waals surface area contributed by atoms with Crippen LogP contribution in [0.15, 0.2) is 47.9 Å². The Labute approximate surface area is 127 Å². The molecule has 0 saturated heterocycles. The predicted octanol–water partition coefficient (Wildman–Crippen LogP) is 3.10. The van der Waals surface area contributed by atoms with E-state index in [-0.39, 0.29) is 17.7 Å². The topological polar surface area (TPSA) is 54.9 Å². The van der Waals surface area contributed by atoms with Gasteiger partial charge in [0.2, 0.25) is 5.91 Å². The first-order valence-corrected chi connectivity index (χ1v) is 7.46. The fourth-order valence-electron chi connectivity index (χ4n) is 1.63. The highest BCUT2D eigenvalue weighted by Gasteiger charge is 2.10. The first-order chi connectivity index (χ1) is 9.65. The molecule has 0 unspecified atom stereocenters. The number of nitrogens with one attached hydrogen (secondary N) is 1. The molecule has 2 rings (SSSR count). The molecule has 20 heavy (non-hydrogen) atoms. The van der Waals surface area contributed by atoms with E-state index in [0.717, 1.165) is 5.56 Å². The second-order valence-electron chi connectivity index (χ2n) is 4.16. The Bertz CT molecular complexity index is 580. The second-order valence-corrected chi connectivity index (χ2v) is 5.54. The van der Waals surface area contributed by atoms with Crippen molar-refractivity contribution in [3.8, 4) is 0 Å². The summed E-state index contributed by atoms with van der Waals surface area (Å²) in [4.78, 5) is 20.0. The number of hydrogen-bond acceptors (Lipinski definition) is 4. The molecule has 1 aromatic heterocycles. The van der Waals surface area contributed by atoms with E-state index in [9.17, 15) is 4.79 Å². The Morgan fingerprint density at radius 1 is 1.35 bits per heavy atom. The lowest BCUT2D eigenvalue weighted by atomic mass is 10.1. The number of hydrogen-bond donors (Lipinski definition) is 1. The summed E-state index contributed by atoms with van der Waals surface area (Å²) in [5.41, 5.74) is 0.979. The molecule has 1 N–H and O–H groups in total. The van der Waals surface area contributed by atoms with Crippen molar-refractivity contribution in [1.82, 2.24) is 15.3 Å². The summed E-state index contributed by atoms with van der Waals surface area (Å²) >= 11 is 7.24. The Kier molecular flexibility index (Phi) is 5.38. The summed E-state index contributed by atoms with van der Waals surface area (Å²) < 4.78 is 0. The summed E-state index contributed by atoms with van der Waals surface area (Å²) in [6.07, 6.45) is 3.31. The number of carbonyl (C=O) groups is 1. The van der Waals surface area contributed by atoms with Crippen LogP contribution in [0.1, 0.15) is 18.5 Å². The maximum Gasteiger partial charge on any atom is 0.230 e. The molecule has 104 valence electrons. The van der Waals surface area contributed by atoms with Crippen molar-refractivity contribution in [2.45, 2.75) is 18.1 Å². The van der Waals surface area contributed by atoms with Crippen molar-refractivity contribution in [1.29, 1.82) is 0 Å². The van der Waals surface area contributed by atoms with Gasteiger partial charge >= 0.3 is 0 Å². The van der Waals surface area contributed by atoms with Crippen LogP contribution < -0.4 is 5.32 Å². The van der Waals surface area contributed by atoms with E-state index in [4.69, 9.17) is 11.6 Å². The van der Waals surface area contributed by atoms with Crippen LogP contribution in [0, 0.1) is 0 Å². The van der Waals surface area contributed by atoms with Gasteiger partial charge in [0.15, 0.2) is 5.16 Å². The molecule has 1 atom stereocenters. The number of aromatic nitrogens is 2. The minimum atomic E-state index is -0.0847. The van der Waals surface area contributed by atoms with E-state index >= 15 is 0 Å². The third kappa shape index (κ3) is 4.51. The van der Waals surface area contributed by atoms with Crippen molar-refractivity contribution in [3.63, 3.8) is 0 Å². The molecule has 0 aliphatic rings. The van der Waals surface area contributed by atoms with Gasteiger partial charge in [-0.25, -0.2) is 9.97 Å². The molecule has 0 aliphatic carbocycles. The fraction of sp³-hybridized carbons (Fsp3) is 0.214. The van der Waals surface area contributed by atoms with Gasteiger partial charge in [-0.3, -0.25) is 4.79 Å². The number of carbonyl (C=O) groups excluding carboxylic acids is 1. The van der Waals surface area contributed by atoms with Crippen molar-refractivity contribution < 1.29 is 4.79 Å². The van der Waals surface area contributed by atoms with Crippen LogP contribution in [0.25, 0.3) is 0 Å². The Morgan fingerprint density at radius 2 is 2.10 bits per heavy atom. The molecule has 1 amide bonds. The highest BCUT2D eigenvalue weighted by molar-refractivity contribution is 7.99. The number of halogens is 1. The SMILES string of the molecule is C[C@@H](NC(=O)CSc1ncccn1)c1cccc(Cl)c1. The van der Waals surface area contributed by atoms with Crippen LogP contribution in [-0.2, 0) is 4.79 Å². The van der Waals surface area contributed by atoms with Crippen LogP contribution in [-0.4, -0.2) is 21.6 Å². The quantitative estimate of drug-likeness (QED) is 0.681. The lowest BCUT2D eigenvalue weighted by Gasteiger charge is -2.14. The van der Waals surface area contributed by atoms with Gasteiger partial charge in [-0.05, 0) is 30.7 Å². The summed E-state index contributed by atoms with van der Waals surface area (Å²) in [5, 5.41) is 4.18. The maximum atomic E-state index is 11.9. The van der Waals surface area contributed by atoms with Crippen LogP contribution in [0.5, 0.6) is 0 Å². The van der Waals surface area contributed by atoms with E-state index in [1.807, 2.05) is 31.2 Å². The molecule has 1 heterocycles. The molecule has 2 aromatic rings. The van der Waals surface area contributed by atoms with Gasteiger partial charge in [0, 0.05) is 17.4 Å². The highest BCUT2D eigenvalue weighted by Crippen LogP contribution is 2.18. The molecule has 0 fully saturated rings. The second kappa shape index (κ2) is 7.26. The highest BCUT2D eigenvalue weighted by atomic mass is 35.5. The Balaban J connectivity index is 1.85. The molecule has 0 aliphatic heterocycles. The lowest BCUT2D eigenvalue weighted by Crippen LogP contribution is -2.28. The summed E-state index contributed by atoms with van der Waals surface area (Å²) in [5.74, 6) is 0.226. The first-order valence-electron chi connectivity index (χ1n) is 6.10. The fourth-order valence-corrected chi connectivity index (χ4v) is 2.45. The monoisotopic (exact) mass is 307 g/mol. The number of thioether (sulfide) groups is 1. The average Bonchev–Trinajstić information content (AvgIpc) is 2.46. The minimum Gasteiger partial charge on any atom is -0.349 e. The van der Waals surface area contributed by atoms with Gasteiger partial charge in [0.05, 0.1) is 11.8 Å². The molecule has 6 heteroatoms. The van der Waals surface area contributed by atoms with E-state index < -0.39 is 0 Å². The van der Waals surface area contributed by atoms with E-state index in [2.05, 4.69) is 15.3 Å². The zero-order valence-corrected chi connectivity index (χ0v) is 12.5. The van der Waals surface area contributed by atoms with E-state index in [1.165, 1.54) is 11.8 Å². The zero-order valence-electron chi connectivity index (χ0n) is 10.9. The molecular formula is C14H14ClN3OS. The average molecular weight is 308 g/mol. The van der Waals surface area contributed by atoms with E-state index in [0.29, 0.717) is 10.2 Å². The first kappa shape index (κ1) is 14.8. The van der Waals surface area contributed by atoms with Crippen LogP contribution >= 0.6 is 23.4 Å². The molecule has 0 saturated carbocycles. The van der Waals surface area contributed by atoms with Gasteiger partial charge in [0.1, 0.15) is 0 Å². The van der Waals surface area contributed by atoms with Crippen molar-refractivity contribution in [2.75, 3.05) is 5.75 Å². The molecule has 0 spiro atoms. The largest absolute Gasteiger partial charge is 0.349 e. The van der Waals surface area contributed by atoms with Crippen molar-refractivity contribution >= 4 is 29.3 Å². The lowest BCUT2D eigenvalue weighted by molar-refractivity contribution is -0.119. The third-order valence-corrected chi connectivity index (χ3v) is 3.71. The molecule has 0 bridgehead atoms. The number of nitrogens with zero attached hydrogens (tertiary/aromatic N) is 2. The minimum absolute atomic E-state index is 0.0603. The van der Waals surface area contributed by atoms with E-state index in [1.54, 1.807) is 18.5 Å². The summed E-state index contributed by atoms with van der Waals surface area (Å²) in [6.45, 7) is 1.92. The Hall–Kier alpha value is -1.59. The smallest absolute Gasteiger partial charge is 0.230 e. The van der Waals surface area contributed by atoms with Gasteiger partial charge in [-0.2, -0.15) is 0 Å². The van der Waals surface area contributed by atoms with Gasteiger partial charge < -0.3 is 5.32 Å². The normalized spacial score (nSPS) is 11.9. The number of benzene rings is 1. The molecular weight excluding hydrogens is 294 g/mol. The standard InChI is InChI=1S/C14H14ClN3OS/c1-10(11-4-2-5-12(15)8-11)18-13(19)9-20-14-16-6-3-7-17-14/h2-8,10H,9H2,1H3,(H,18,19)/t10-/m1/s1. The van der Waals surface area contributed by atoms with Crippen LogP contribution in [0.4, 0.5) is 0 Å². The van der Waals surface area contributed by atoms with Gasteiger partial charge in [-0.1, -0.05) is 35.5 Å².